The topological polar surface area (TPSA) is 41.1 Å². The van der Waals surface area contributed by atoms with Gasteiger partial charge in [0.2, 0.25) is 5.91 Å². The molecular weight excluding hydrogens is 208 g/mol. The Balaban J connectivity index is 1.76. The maximum absolute atomic E-state index is 11.7. The van der Waals surface area contributed by atoms with E-state index in [0.29, 0.717) is 12.5 Å². The maximum Gasteiger partial charge on any atom is 0.223 e. The Morgan fingerprint density at radius 3 is 3.07 bits per heavy atom. The van der Waals surface area contributed by atoms with Crippen LogP contribution in [0.4, 0.5) is 0 Å². The van der Waals surface area contributed by atoms with Crippen molar-refractivity contribution < 1.29 is 4.79 Å². The van der Waals surface area contributed by atoms with Crippen molar-refractivity contribution in [3.05, 3.63) is 22.4 Å². The molecule has 2 N–H and O–H groups in total. The molecular formula is C11H16N2OS. The average molecular weight is 224 g/mol. The SMILES string of the molecule is CC(C(=O)NCc1ccsc1)C1CNC1. The fourth-order valence-corrected chi connectivity index (χ4v) is 2.29. The highest BCUT2D eigenvalue weighted by atomic mass is 32.1. The molecule has 1 unspecified atom stereocenters. The molecule has 1 aliphatic heterocycles. The lowest BCUT2D eigenvalue weighted by Gasteiger charge is -2.31. The highest BCUT2D eigenvalue weighted by molar-refractivity contribution is 7.07. The largest absolute Gasteiger partial charge is 0.352 e. The van der Waals surface area contributed by atoms with Crippen LogP contribution < -0.4 is 10.6 Å². The monoisotopic (exact) mass is 224 g/mol. The first kappa shape index (κ1) is 10.6. The molecule has 1 aliphatic rings. The summed E-state index contributed by atoms with van der Waals surface area (Å²) in [5, 5.41) is 10.3. The molecule has 1 atom stereocenters. The van der Waals surface area contributed by atoms with Gasteiger partial charge in [0, 0.05) is 12.5 Å². The van der Waals surface area contributed by atoms with Crippen LogP contribution in [0, 0.1) is 11.8 Å². The Morgan fingerprint density at radius 2 is 2.53 bits per heavy atom. The number of hydrogen-bond acceptors (Lipinski definition) is 3. The van der Waals surface area contributed by atoms with Crippen LogP contribution >= 0.6 is 11.3 Å². The van der Waals surface area contributed by atoms with E-state index in [1.165, 1.54) is 5.56 Å². The Kier molecular flexibility index (Phi) is 3.38. The molecule has 0 aromatic carbocycles. The minimum atomic E-state index is 0.130. The summed E-state index contributed by atoms with van der Waals surface area (Å²) in [5.74, 6) is 0.824. The van der Waals surface area contributed by atoms with Gasteiger partial charge < -0.3 is 10.6 Å². The number of thiophene rings is 1. The van der Waals surface area contributed by atoms with Gasteiger partial charge in [-0.2, -0.15) is 11.3 Å². The summed E-state index contributed by atoms with van der Waals surface area (Å²) in [6.07, 6.45) is 0. The summed E-state index contributed by atoms with van der Waals surface area (Å²) >= 11 is 1.66. The van der Waals surface area contributed by atoms with Crippen molar-refractivity contribution in [2.24, 2.45) is 11.8 Å². The zero-order valence-electron chi connectivity index (χ0n) is 8.82. The second-order valence-corrected chi connectivity index (χ2v) is 4.84. The van der Waals surface area contributed by atoms with E-state index in [0.717, 1.165) is 13.1 Å². The first-order valence-electron chi connectivity index (χ1n) is 5.27. The molecule has 1 aromatic rings. The minimum Gasteiger partial charge on any atom is -0.352 e. The fraction of sp³-hybridized carbons (Fsp3) is 0.545. The van der Waals surface area contributed by atoms with Crippen LogP contribution in [0.2, 0.25) is 0 Å². The summed E-state index contributed by atoms with van der Waals surface area (Å²) in [7, 11) is 0. The second kappa shape index (κ2) is 4.77. The van der Waals surface area contributed by atoms with Crippen molar-refractivity contribution in [3.8, 4) is 0 Å². The lowest BCUT2D eigenvalue weighted by molar-refractivity contribution is -0.126. The summed E-state index contributed by atoms with van der Waals surface area (Å²) in [5.41, 5.74) is 1.19. The molecule has 1 saturated heterocycles. The molecule has 1 amide bonds. The molecule has 3 nitrogen and oxygen atoms in total. The molecule has 0 saturated carbocycles. The number of carbonyl (C=O) groups excluding carboxylic acids is 1. The van der Waals surface area contributed by atoms with Crippen molar-refractivity contribution in [2.45, 2.75) is 13.5 Å². The van der Waals surface area contributed by atoms with Crippen molar-refractivity contribution in [3.63, 3.8) is 0 Å². The van der Waals surface area contributed by atoms with E-state index in [9.17, 15) is 4.79 Å². The van der Waals surface area contributed by atoms with Crippen molar-refractivity contribution in [1.82, 2.24) is 10.6 Å². The second-order valence-electron chi connectivity index (χ2n) is 4.06. The number of rotatable bonds is 4. The van der Waals surface area contributed by atoms with Crippen LogP contribution in [0.15, 0.2) is 16.8 Å². The van der Waals surface area contributed by atoms with E-state index < -0.39 is 0 Å². The van der Waals surface area contributed by atoms with Gasteiger partial charge >= 0.3 is 0 Å². The van der Waals surface area contributed by atoms with E-state index in [4.69, 9.17) is 0 Å². The van der Waals surface area contributed by atoms with Gasteiger partial charge in [-0.25, -0.2) is 0 Å². The molecule has 0 bridgehead atoms. The normalized spacial score (nSPS) is 18.2. The quantitative estimate of drug-likeness (QED) is 0.807. The van der Waals surface area contributed by atoms with Crippen molar-refractivity contribution in [2.75, 3.05) is 13.1 Å². The smallest absolute Gasteiger partial charge is 0.223 e. The van der Waals surface area contributed by atoms with Gasteiger partial charge in [0.05, 0.1) is 0 Å². The van der Waals surface area contributed by atoms with Gasteiger partial charge in [-0.1, -0.05) is 6.92 Å². The minimum absolute atomic E-state index is 0.130. The molecule has 2 rings (SSSR count). The Morgan fingerprint density at radius 1 is 1.73 bits per heavy atom. The van der Waals surface area contributed by atoms with Crippen molar-refractivity contribution in [1.29, 1.82) is 0 Å². The molecule has 4 heteroatoms. The first-order chi connectivity index (χ1) is 7.27. The Bertz CT molecular complexity index is 319. The maximum atomic E-state index is 11.7. The van der Waals surface area contributed by atoms with Crippen LogP contribution in [0.25, 0.3) is 0 Å². The Hall–Kier alpha value is -0.870. The number of nitrogens with one attached hydrogen (secondary N) is 2. The zero-order valence-corrected chi connectivity index (χ0v) is 9.64. The predicted molar refractivity (Wildman–Crippen MR) is 61.7 cm³/mol. The fourth-order valence-electron chi connectivity index (χ4n) is 1.62. The molecule has 0 spiro atoms. The molecule has 1 fully saturated rings. The van der Waals surface area contributed by atoms with E-state index >= 15 is 0 Å². The number of hydrogen-bond donors (Lipinski definition) is 2. The number of amides is 1. The molecule has 2 heterocycles. The van der Waals surface area contributed by atoms with Crippen LogP contribution in [0.3, 0.4) is 0 Å². The summed E-state index contributed by atoms with van der Waals surface area (Å²) in [6, 6.07) is 2.04. The molecule has 0 radical (unpaired) electrons. The molecule has 0 aliphatic carbocycles. The predicted octanol–water partition coefficient (Wildman–Crippen LogP) is 1.22. The van der Waals surface area contributed by atoms with Gasteiger partial charge in [0.15, 0.2) is 0 Å². The highest BCUT2D eigenvalue weighted by Gasteiger charge is 2.28. The van der Waals surface area contributed by atoms with Gasteiger partial charge in [-0.15, -0.1) is 0 Å². The van der Waals surface area contributed by atoms with Crippen LogP contribution in [0.5, 0.6) is 0 Å². The molecule has 1 aromatic heterocycles. The lowest BCUT2D eigenvalue weighted by Crippen LogP contribution is -2.49. The van der Waals surface area contributed by atoms with Crippen LogP contribution in [0.1, 0.15) is 12.5 Å². The zero-order chi connectivity index (χ0) is 10.7. The van der Waals surface area contributed by atoms with E-state index in [-0.39, 0.29) is 11.8 Å². The van der Waals surface area contributed by atoms with Gasteiger partial charge in [0.25, 0.3) is 0 Å². The highest BCUT2D eigenvalue weighted by Crippen LogP contribution is 2.16. The molecule has 82 valence electrons. The number of carbonyl (C=O) groups is 1. The van der Waals surface area contributed by atoms with Crippen molar-refractivity contribution >= 4 is 17.2 Å². The third-order valence-electron chi connectivity index (χ3n) is 2.98. The average Bonchev–Trinajstić information content (AvgIpc) is 2.63. The van der Waals surface area contributed by atoms with Gasteiger partial charge in [-0.05, 0) is 41.4 Å². The van der Waals surface area contributed by atoms with E-state index in [1.807, 2.05) is 18.4 Å². The van der Waals surface area contributed by atoms with E-state index in [1.54, 1.807) is 11.3 Å². The first-order valence-corrected chi connectivity index (χ1v) is 6.21. The van der Waals surface area contributed by atoms with Gasteiger partial charge in [-0.3, -0.25) is 4.79 Å². The third-order valence-corrected chi connectivity index (χ3v) is 3.71. The summed E-state index contributed by atoms with van der Waals surface area (Å²) < 4.78 is 0. The lowest BCUT2D eigenvalue weighted by atomic mass is 9.88. The molecule has 15 heavy (non-hydrogen) atoms. The standard InChI is InChI=1S/C11H16N2OS/c1-8(10-5-12-6-10)11(14)13-4-9-2-3-15-7-9/h2-3,7-8,10,12H,4-6H2,1H3,(H,13,14). The van der Waals surface area contributed by atoms with Crippen LogP contribution in [-0.4, -0.2) is 19.0 Å². The summed E-state index contributed by atoms with van der Waals surface area (Å²) in [4.78, 5) is 11.7. The van der Waals surface area contributed by atoms with E-state index in [2.05, 4.69) is 16.0 Å². The summed E-state index contributed by atoms with van der Waals surface area (Å²) in [6.45, 7) is 4.63. The Labute approximate surface area is 93.9 Å². The van der Waals surface area contributed by atoms with Crippen LogP contribution in [-0.2, 0) is 11.3 Å². The third kappa shape index (κ3) is 2.58. The van der Waals surface area contributed by atoms with Gasteiger partial charge in [0.1, 0.15) is 0 Å².